The fourth-order valence-corrected chi connectivity index (χ4v) is 3.97. The fourth-order valence-electron chi connectivity index (χ4n) is 2.89. The van der Waals surface area contributed by atoms with Crippen LogP contribution in [0.2, 0.25) is 0 Å². The van der Waals surface area contributed by atoms with Gasteiger partial charge in [0.15, 0.2) is 0 Å². The van der Waals surface area contributed by atoms with Gasteiger partial charge in [-0.2, -0.15) is 0 Å². The van der Waals surface area contributed by atoms with Crippen LogP contribution in [0.15, 0.2) is 89.8 Å². The van der Waals surface area contributed by atoms with Gasteiger partial charge >= 0.3 is 0 Å². The number of sulfonamides is 1. The fraction of sp³-hybridized carbons (Fsp3) is 0.182. The second-order valence-electron chi connectivity index (χ2n) is 6.67. The van der Waals surface area contributed by atoms with E-state index in [0.717, 1.165) is 12.2 Å². The van der Waals surface area contributed by atoms with Crippen LogP contribution in [-0.2, 0) is 16.6 Å². The molecule has 0 unspecified atom stereocenters. The Morgan fingerprint density at radius 1 is 0.815 bits per heavy atom. The molecule has 3 aromatic rings. The number of rotatable bonds is 7. The summed E-state index contributed by atoms with van der Waals surface area (Å²) < 4.78 is 27.5. The van der Waals surface area contributed by atoms with Crippen molar-refractivity contribution >= 4 is 21.4 Å². The second kappa shape index (κ2) is 8.27. The Morgan fingerprint density at radius 3 is 1.93 bits per heavy atom. The standard InChI is InChI=1S/C22H24N2O2S/c1-18(2)24(17-19-9-5-3-6-10-19)21-15-13-20(14-16-21)23-27(25,26)22-11-7-4-8-12-22/h3-16,18,23H,17H2,1-2H3. The SMILES string of the molecule is CC(C)N(Cc1ccccc1)c1ccc(NS(=O)(=O)c2ccccc2)cc1. The van der Waals surface area contributed by atoms with Crippen molar-refractivity contribution in [3.05, 3.63) is 90.5 Å². The molecule has 3 rings (SSSR count). The lowest BCUT2D eigenvalue weighted by Gasteiger charge is -2.29. The highest BCUT2D eigenvalue weighted by Crippen LogP contribution is 2.24. The van der Waals surface area contributed by atoms with Crippen molar-refractivity contribution in [1.82, 2.24) is 0 Å². The maximum atomic E-state index is 12.4. The zero-order chi connectivity index (χ0) is 19.3. The highest BCUT2D eigenvalue weighted by molar-refractivity contribution is 7.92. The lowest BCUT2D eigenvalue weighted by Crippen LogP contribution is -2.30. The number of nitrogens with one attached hydrogen (secondary N) is 1. The molecule has 1 N–H and O–H groups in total. The summed E-state index contributed by atoms with van der Waals surface area (Å²) in [6, 6.07) is 26.5. The molecule has 0 aliphatic rings. The summed E-state index contributed by atoms with van der Waals surface area (Å²) in [5.74, 6) is 0. The molecule has 0 fully saturated rings. The van der Waals surface area contributed by atoms with Gasteiger partial charge in [0.1, 0.15) is 0 Å². The van der Waals surface area contributed by atoms with E-state index in [4.69, 9.17) is 0 Å². The van der Waals surface area contributed by atoms with Crippen LogP contribution in [0.5, 0.6) is 0 Å². The van der Waals surface area contributed by atoms with E-state index in [1.807, 2.05) is 30.3 Å². The van der Waals surface area contributed by atoms with E-state index in [2.05, 4.69) is 35.6 Å². The van der Waals surface area contributed by atoms with Gasteiger partial charge in [-0.05, 0) is 55.8 Å². The molecule has 3 aromatic carbocycles. The van der Waals surface area contributed by atoms with E-state index < -0.39 is 10.0 Å². The summed E-state index contributed by atoms with van der Waals surface area (Å²) in [6.45, 7) is 5.09. The molecule has 0 atom stereocenters. The Hall–Kier alpha value is -2.79. The molecule has 0 bridgehead atoms. The van der Waals surface area contributed by atoms with E-state index in [1.54, 1.807) is 42.5 Å². The molecule has 4 nitrogen and oxygen atoms in total. The Kier molecular flexibility index (Phi) is 5.81. The van der Waals surface area contributed by atoms with Gasteiger partial charge < -0.3 is 4.90 Å². The van der Waals surface area contributed by atoms with E-state index in [-0.39, 0.29) is 4.90 Å². The molecule has 0 aliphatic carbocycles. The third kappa shape index (κ3) is 4.89. The number of anilines is 2. The van der Waals surface area contributed by atoms with Crippen molar-refractivity contribution in [3.8, 4) is 0 Å². The van der Waals surface area contributed by atoms with Crippen LogP contribution in [0.1, 0.15) is 19.4 Å². The van der Waals surface area contributed by atoms with Crippen molar-refractivity contribution in [1.29, 1.82) is 0 Å². The summed E-state index contributed by atoms with van der Waals surface area (Å²) >= 11 is 0. The Morgan fingerprint density at radius 2 is 1.37 bits per heavy atom. The molecular formula is C22H24N2O2S. The maximum absolute atomic E-state index is 12.4. The quantitative estimate of drug-likeness (QED) is 0.634. The highest BCUT2D eigenvalue weighted by Gasteiger charge is 2.15. The maximum Gasteiger partial charge on any atom is 0.261 e. The molecule has 0 saturated carbocycles. The van der Waals surface area contributed by atoms with Crippen molar-refractivity contribution in [2.24, 2.45) is 0 Å². The summed E-state index contributed by atoms with van der Waals surface area (Å²) in [4.78, 5) is 2.53. The minimum Gasteiger partial charge on any atom is -0.365 e. The van der Waals surface area contributed by atoms with Crippen LogP contribution >= 0.6 is 0 Å². The summed E-state index contributed by atoms with van der Waals surface area (Å²) in [7, 11) is -3.57. The van der Waals surface area contributed by atoms with Crippen LogP contribution < -0.4 is 9.62 Å². The normalized spacial score (nSPS) is 11.4. The predicted octanol–water partition coefficient (Wildman–Crippen LogP) is 4.90. The second-order valence-corrected chi connectivity index (χ2v) is 8.36. The molecule has 0 saturated heterocycles. The smallest absolute Gasteiger partial charge is 0.261 e. The molecule has 5 heteroatoms. The van der Waals surface area contributed by atoms with Gasteiger partial charge in [0.05, 0.1) is 4.90 Å². The molecule has 0 heterocycles. The molecule has 140 valence electrons. The van der Waals surface area contributed by atoms with Crippen molar-refractivity contribution in [2.45, 2.75) is 31.3 Å². The van der Waals surface area contributed by atoms with Gasteiger partial charge in [0, 0.05) is 24.0 Å². The lowest BCUT2D eigenvalue weighted by atomic mass is 10.1. The molecule has 0 spiro atoms. The predicted molar refractivity (Wildman–Crippen MR) is 111 cm³/mol. The van der Waals surface area contributed by atoms with Crippen LogP contribution in [-0.4, -0.2) is 14.5 Å². The average molecular weight is 381 g/mol. The first-order valence-electron chi connectivity index (χ1n) is 8.94. The average Bonchev–Trinajstić information content (AvgIpc) is 2.68. The van der Waals surface area contributed by atoms with E-state index in [9.17, 15) is 8.42 Å². The Bertz CT molecular complexity index is 954. The minimum absolute atomic E-state index is 0.252. The minimum atomic E-state index is -3.57. The van der Waals surface area contributed by atoms with Gasteiger partial charge in [-0.25, -0.2) is 8.42 Å². The first-order valence-corrected chi connectivity index (χ1v) is 10.4. The van der Waals surface area contributed by atoms with E-state index >= 15 is 0 Å². The zero-order valence-electron chi connectivity index (χ0n) is 15.5. The van der Waals surface area contributed by atoms with Crippen molar-refractivity contribution in [3.63, 3.8) is 0 Å². The summed E-state index contributed by atoms with van der Waals surface area (Å²) in [5, 5.41) is 0. The molecule has 27 heavy (non-hydrogen) atoms. The number of hydrogen-bond acceptors (Lipinski definition) is 3. The number of nitrogens with zero attached hydrogens (tertiary/aromatic N) is 1. The van der Waals surface area contributed by atoms with Gasteiger partial charge in [-0.15, -0.1) is 0 Å². The Labute approximate surface area is 161 Å². The van der Waals surface area contributed by atoms with Crippen LogP contribution in [0.3, 0.4) is 0 Å². The number of benzene rings is 3. The third-order valence-electron chi connectivity index (χ3n) is 4.32. The number of hydrogen-bond donors (Lipinski definition) is 1. The largest absolute Gasteiger partial charge is 0.365 e. The van der Waals surface area contributed by atoms with Crippen LogP contribution in [0, 0.1) is 0 Å². The van der Waals surface area contributed by atoms with Crippen molar-refractivity contribution < 1.29 is 8.42 Å². The Balaban J connectivity index is 1.77. The van der Waals surface area contributed by atoms with Gasteiger partial charge in [0.25, 0.3) is 10.0 Å². The van der Waals surface area contributed by atoms with E-state index in [0.29, 0.717) is 11.7 Å². The highest BCUT2D eigenvalue weighted by atomic mass is 32.2. The summed E-state index contributed by atoms with van der Waals surface area (Å²) in [6.07, 6.45) is 0. The van der Waals surface area contributed by atoms with E-state index in [1.165, 1.54) is 5.56 Å². The molecule has 0 aromatic heterocycles. The van der Waals surface area contributed by atoms with Crippen molar-refractivity contribution in [2.75, 3.05) is 9.62 Å². The lowest BCUT2D eigenvalue weighted by molar-refractivity contribution is 0.601. The van der Waals surface area contributed by atoms with Crippen LogP contribution in [0.4, 0.5) is 11.4 Å². The third-order valence-corrected chi connectivity index (χ3v) is 5.72. The monoisotopic (exact) mass is 380 g/mol. The molecule has 0 aliphatic heterocycles. The van der Waals surface area contributed by atoms with Gasteiger partial charge in [0.2, 0.25) is 0 Å². The molecule has 0 amide bonds. The van der Waals surface area contributed by atoms with Crippen LogP contribution in [0.25, 0.3) is 0 Å². The molecular weight excluding hydrogens is 356 g/mol. The topological polar surface area (TPSA) is 49.4 Å². The summed E-state index contributed by atoms with van der Waals surface area (Å²) in [5.41, 5.74) is 2.84. The van der Waals surface area contributed by atoms with Gasteiger partial charge in [-0.1, -0.05) is 48.5 Å². The van der Waals surface area contributed by atoms with Gasteiger partial charge in [-0.3, -0.25) is 4.72 Å². The first kappa shape index (κ1) is 19.0. The first-order chi connectivity index (χ1) is 13.0. The zero-order valence-corrected chi connectivity index (χ0v) is 16.4. The molecule has 0 radical (unpaired) electrons.